The first kappa shape index (κ1) is 16.9. The summed E-state index contributed by atoms with van der Waals surface area (Å²) in [5, 5.41) is 9.35. The van der Waals surface area contributed by atoms with E-state index in [4.69, 9.17) is 0 Å². The third-order valence-corrected chi connectivity index (χ3v) is 6.87. The van der Waals surface area contributed by atoms with Gasteiger partial charge in [0.25, 0.3) is 0 Å². The fraction of sp³-hybridized carbons (Fsp3) is 0.462. The number of carboxylic acid groups (broad SMARTS) is 1. The molecule has 1 aromatic carbocycles. The van der Waals surface area contributed by atoms with Gasteiger partial charge in [0.1, 0.15) is 0 Å². The maximum atomic E-state index is 12.5. The summed E-state index contributed by atoms with van der Waals surface area (Å²) in [4.78, 5) is 11.5. The Morgan fingerprint density at radius 3 is 2.67 bits per heavy atom. The van der Waals surface area contributed by atoms with Gasteiger partial charge in [-0.1, -0.05) is 22.4 Å². The molecule has 0 spiro atoms. The van der Waals surface area contributed by atoms with Crippen LogP contribution in [0.5, 0.6) is 0 Å². The van der Waals surface area contributed by atoms with Gasteiger partial charge in [-0.3, -0.25) is 4.79 Å². The summed E-state index contributed by atoms with van der Waals surface area (Å²) in [6.45, 7) is 1.59. The minimum absolute atomic E-state index is 0.102. The molecule has 0 bridgehead atoms. The van der Waals surface area contributed by atoms with Crippen LogP contribution in [-0.2, 0) is 14.8 Å². The van der Waals surface area contributed by atoms with E-state index >= 15 is 0 Å². The van der Waals surface area contributed by atoms with Crippen molar-refractivity contribution in [3.63, 3.8) is 0 Å². The first-order valence-electron chi connectivity index (χ1n) is 6.37. The zero-order valence-electron chi connectivity index (χ0n) is 11.3. The van der Waals surface area contributed by atoms with E-state index in [2.05, 4.69) is 36.6 Å². The fourth-order valence-corrected chi connectivity index (χ4v) is 5.68. The summed E-state index contributed by atoms with van der Waals surface area (Å²) < 4.78 is 28.7. The summed E-state index contributed by atoms with van der Waals surface area (Å²) >= 11 is 6.49. The Bertz CT molecular complexity index is 677. The smallest absolute Gasteiger partial charge is 0.310 e. The Morgan fingerprint density at radius 1 is 1.43 bits per heavy atom. The lowest BCUT2D eigenvalue weighted by Gasteiger charge is -2.27. The average Bonchev–Trinajstić information content (AvgIpc) is 2.71. The monoisotopic (exact) mass is 439 g/mol. The van der Waals surface area contributed by atoms with Crippen LogP contribution in [0.3, 0.4) is 0 Å². The van der Waals surface area contributed by atoms with E-state index < -0.39 is 27.4 Å². The molecule has 2 rings (SSSR count). The summed E-state index contributed by atoms with van der Waals surface area (Å²) in [6, 6.07) is 4.14. The van der Waals surface area contributed by atoms with Crippen molar-refractivity contribution >= 4 is 47.9 Å². The Labute approximate surface area is 140 Å². The second-order valence-corrected chi connectivity index (χ2v) is 8.82. The van der Waals surface area contributed by atoms with E-state index in [0.29, 0.717) is 23.7 Å². The highest BCUT2D eigenvalue weighted by molar-refractivity contribution is 9.11. The number of benzene rings is 1. The molecule has 0 radical (unpaired) electrons. The summed E-state index contributed by atoms with van der Waals surface area (Å²) in [7, 11) is -3.78. The third-order valence-electron chi connectivity index (χ3n) is 3.93. The number of carboxylic acids is 1. The van der Waals surface area contributed by atoms with Crippen LogP contribution >= 0.6 is 31.9 Å². The van der Waals surface area contributed by atoms with E-state index in [9.17, 15) is 18.3 Å². The second kappa shape index (κ2) is 5.98. The van der Waals surface area contributed by atoms with Crippen molar-refractivity contribution < 1.29 is 18.3 Å². The van der Waals surface area contributed by atoms with Gasteiger partial charge in [0, 0.05) is 15.0 Å². The molecule has 1 aliphatic carbocycles. The Balaban J connectivity index is 2.31. The molecule has 0 saturated heterocycles. The molecule has 2 N–H and O–H groups in total. The molecule has 2 atom stereocenters. The lowest BCUT2D eigenvalue weighted by molar-refractivity contribution is -0.148. The zero-order chi connectivity index (χ0) is 15.8. The predicted molar refractivity (Wildman–Crippen MR) is 85.5 cm³/mol. The number of aliphatic carboxylic acids is 1. The van der Waals surface area contributed by atoms with Gasteiger partial charge in [-0.15, -0.1) is 0 Å². The van der Waals surface area contributed by atoms with Crippen molar-refractivity contribution in [2.24, 2.45) is 5.41 Å². The molecule has 1 aromatic rings. The first-order valence-corrected chi connectivity index (χ1v) is 9.44. The molecule has 0 amide bonds. The van der Waals surface area contributed by atoms with E-state index in [1.807, 2.05) is 0 Å². The SMILES string of the molecule is CC1(C(=O)O)CCCC1NS(=O)(=O)c1ccc(Br)cc1Br. The van der Waals surface area contributed by atoms with Crippen molar-refractivity contribution in [2.75, 3.05) is 0 Å². The van der Waals surface area contributed by atoms with Crippen LogP contribution in [0.1, 0.15) is 26.2 Å². The van der Waals surface area contributed by atoms with Gasteiger partial charge in [-0.25, -0.2) is 13.1 Å². The maximum absolute atomic E-state index is 12.5. The molecule has 1 fully saturated rings. The third kappa shape index (κ3) is 3.33. The number of hydrogen-bond acceptors (Lipinski definition) is 3. The molecule has 21 heavy (non-hydrogen) atoms. The van der Waals surface area contributed by atoms with Crippen LogP contribution < -0.4 is 4.72 Å². The van der Waals surface area contributed by atoms with E-state index in [-0.39, 0.29) is 4.90 Å². The summed E-state index contributed by atoms with van der Waals surface area (Å²) in [5.74, 6) is -0.970. The van der Waals surface area contributed by atoms with Crippen LogP contribution in [0.15, 0.2) is 32.0 Å². The van der Waals surface area contributed by atoms with Crippen molar-refractivity contribution in [2.45, 2.75) is 37.1 Å². The highest BCUT2D eigenvalue weighted by Crippen LogP contribution is 2.39. The van der Waals surface area contributed by atoms with Crippen LogP contribution in [0, 0.1) is 5.41 Å². The van der Waals surface area contributed by atoms with Gasteiger partial charge in [0.15, 0.2) is 0 Å². The first-order chi connectivity index (χ1) is 9.67. The molecule has 5 nitrogen and oxygen atoms in total. The summed E-state index contributed by atoms with van der Waals surface area (Å²) in [6.07, 6.45) is 1.69. The molecule has 0 aromatic heterocycles. The lowest BCUT2D eigenvalue weighted by atomic mass is 9.85. The van der Waals surface area contributed by atoms with E-state index in [0.717, 1.165) is 4.47 Å². The molecule has 2 unspecified atom stereocenters. The molecule has 0 heterocycles. The van der Waals surface area contributed by atoms with Crippen LogP contribution in [0.4, 0.5) is 0 Å². The number of rotatable bonds is 4. The van der Waals surface area contributed by atoms with E-state index in [1.54, 1.807) is 19.1 Å². The topological polar surface area (TPSA) is 83.5 Å². The number of nitrogens with one attached hydrogen (secondary N) is 1. The molecule has 1 saturated carbocycles. The highest BCUT2D eigenvalue weighted by atomic mass is 79.9. The Hall–Kier alpha value is -0.440. The molecular weight excluding hydrogens is 426 g/mol. The fourth-order valence-electron chi connectivity index (χ4n) is 2.56. The number of carbonyl (C=O) groups is 1. The largest absolute Gasteiger partial charge is 0.481 e. The predicted octanol–water partition coefficient (Wildman–Crippen LogP) is 3.13. The minimum Gasteiger partial charge on any atom is -0.481 e. The zero-order valence-corrected chi connectivity index (χ0v) is 15.3. The highest BCUT2D eigenvalue weighted by Gasteiger charge is 2.47. The van der Waals surface area contributed by atoms with Gasteiger partial charge in [-0.2, -0.15) is 0 Å². The van der Waals surface area contributed by atoms with E-state index in [1.165, 1.54) is 6.07 Å². The molecule has 1 aliphatic rings. The molecular formula is C13H15Br2NO4S. The van der Waals surface area contributed by atoms with Gasteiger partial charge < -0.3 is 5.11 Å². The second-order valence-electron chi connectivity index (χ2n) is 5.36. The Kier molecular flexibility index (Phi) is 4.82. The Morgan fingerprint density at radius 2 is 2.10 bits per heavy atom. The molecule has 0 aliphatic heterocycles. The summed E-state index contributed by atoms with van der Waals surface area (Å²) in [5.41, 5.74) is -1.06. The van der Waals surface area contributed by atoms with Gasteiger partial charge in [0.05, 0.1) is 10.3 Å². The number of halogens is 2. The quantitative estimate of drug-likeness (QED) is 0.753. The molecule has 116 valence electrons. The number of sulfonamides is 1. The van der Waals surface area contributed by atoms with Gasteiger partial charge >= 0.3 is 5.97 Å². The van der Waals surface area contributed by atoms with Gasteiger partial charge in [-0.05, 0) is 53.9 Å². The average molecular weight is 441 g/mol. The lowest BCUT2D eigenvalue weighted by Crippen LogP contribution is -2.47. The van der Waals surface area contributed by atoms with Gasteiger partial charge in [0.2, 0.25) is 10.0 Å². The van der Waals surface area contributed by atoms with Crippen molar-refractivity contribution in [1.29, 1.82) is 0 Å². The van der Waals surface area contributed by atoms with Crippen molar-refractivity contribution in [3.05, 3.63) is 27.1 Å². The van der Waals surface area contributed by atoms with Crippen molar-refractivity contribution in [3.8, 4) is 0 Å². The molecule has 8 heteroatoms. The maximum Gasteiger partial charge on any atom is 0.310 e. The standard InChI is InChI=1S/C13H15Br2NO4S/c1-13(12(17)18)6-2-3-11(13)16-21(19,20)10-5-4-8(14)7-9(10)15/h4-5,7,11,16H,2-3,6H2,1H3,(H,17,18). The van der Waals surface area contributed by atoms with Crippen LogP contribution in [-0.4, -0.2) is 25.5 Å². The normalized spacial score (nSPS) is 26.0. The van der Waals surface area contributed by atoms with Crippen LogP contribution in [0.2, 0.25) is 0 Å². The van der Waals surface area contributed by atoms with Crippen molar-refractivity contribution in [1.82, 2.24) is 4.72 Å². The van der Waals surface area contributed by atoms with Crippen LogP contribution in [0.25, 0.3) is 0 Å². The minimum atomic E-state index is -3.78. The number of hydrogen-bond donors (Lipinski definition) is 2.